The van der Waals surface area contributed by atoms with Crippen molar-refractivity contribution < 1.29 is 14.7 Å². The minimum absolute atomic E-state index is 0.0409. The Bertz CT molecular complexity index is 559. The van der Waals surface area contributed by atoms with Crippen molar-refractivity contribution in [2.45, 2.75) is 38.6 Å². The molecule has 0 saturated heterocycles. The monoisotopic (exact) mass is 287 g/mol. The van der Waals surface area contributed by atoms with Gasteiger partial charge in [0.1, 0.15) is 0 Å². The number of hydrogen-bond donors (Lipinski definition) is 2. The van der Waals surface area contributed by atoms with Crippen molar-refractivity contribution in [2.75, 3.05) is 0 Å². The van der Waals surface area contributed by atoms with Gasteiger partial charge in [0.2, 0.25) is 5.91 Å². The van der Waals surface area contributed by atoms with Crippen LogP contribution in [0, 0.1) is 24.7 Å². The van der Waals surface area contributed by atoms with Gasteiger partial charge in [-0.2, -0.15) is 0 Å². The van der Waals surface area contributed by atoms with Crippen molar-refractivity contribution in [3.63, 3.8) is 0 Å². The van der Waals surface area contributed by atoms with E-state index in [4.69, 9.17) is 5.11 Å². The van der Waals surface area contributed by atoms with E-state index in [1.807, 2.05) is 31.2 Å². The fraction of sp³-hybridized carbons (Fsp3) is 0.529. The zero-order chi connectivity index (χ0) is 15.0. The predicted octanol–water partition coefficient (Wildman–Crippen LogP) is 2.67. The third-order valence-electron chi connectivity index (χ3n) is 4.97. The first-order valence-corrected chi connectivity index (χ1v) is 7.65. The number of benzene rings is 1. The maximum Gasteiger partial charge on any atom is 0.305 e. The lowest BCUT2D eigenvalue weighted by Crippen LogP contribution is -2.32. The van der Waals surface area contributed by atoms with E-state index in [0.29, 0.717) is 11.8 Å². The van der Waals surface area contributed by atoms with Gasteiger partial charge in [-0.1, -0.05) is 30.7 Å². The number of rotatable bonds is 5. The van der Waals surface area contributed by atoms with E-state index in [9.17, 15) is 9.59 Å². The van der Waals surface area contributed by atoms with Gasteiger partial charge in [-0.3, -0.25) is 9.59 Å². The number of nitrogens with one attached hydrogen (secondary N) is 1. The second-order valence-electron chi connectivity index (χ2n) is 6.30. The largest absolute Gasteiger partial charge is 0.481 e. The number of carbonyl (C=O) groups is 2. The average Bonchev–Trinajstić information content (AvgIpc) is 2.92. The lowest BCUT2D eigenvalue weighted by Gasteiger charge is -2.20. The number of hydrogen-bond acceptors (Lipinski definition) is 2. The highest BCUT2D eigenvalue weighted by Crippen LogP contribution is 2.57. The second-order valence-corrected chi connectivity index (χ2v) is 6.30. The molecule has 0 radical (unpaired) electrons. The number of carboxylic acid groups (broad SMARTS) is 1. The van der Waals surface area contributed by atoms with E-state index in [1.54, 1.807) is 0 Å². The summed E-state index contributed by atoms with van der Waals surface area (Å²) in [7, 11) is 0. The number of amides is 1. The summed E-state index contributed by atoms with van der Waals surface area (Å²) in [6, 6.07) is 7.22. The number of carboxylic acids is 1. The standard InChI is InChI=1S/C17H21NO3/c1-10-5-2-3-6-11(10)14(9-15(19)20)18-17(21)16-12-7-4-8-13(12)16/h2-3,5-6,12-14,16H,4,7-9H2,1H3,(H,18,21)(H,19,20)/t12-,13+,14-,16?/m0/s1. The molecule has 4 heteroatoms. The minimum atomic E-state index is -0.889. The average molecular weight is 287 g/mol. The van der Waals surface area contributed by atoms with Gasteiger partial charge in [0.25, 0.3) is 0 Å². The molecule has 3 rings (SSSR count). The molecule has 0 spiro atoms. The molecule has 21 heavy (non-hydrogen) atoms. The highest BCUT2D eigenvalue weighted by atomic mass is 16.4. The molecule has 0 aromatic heterocycles. The smallest absolute Gasteiger partial charge is 0.305 e. The van der Waals surface area contributed by atoms with E-state index >= 15 is 0 Å². The summed E-state index contributed by atoms with van der Waals surface area (Å²) in [6.07, 6.45) is 3.46. The molecule has 2 aliphatic rings. The van der Waals surface area contributed by atoms with Crippen LogP contribution in [-0.4, -0.2) is 17.0 Å². The molecule has 1 amide bonds. The van der Waals surface area contributed by atoms with Gasteiger partial charge in [-0.25, -0.2) is 0 Å². The van der Waals surface area contributed by atoms with Crippen LogP contribution in [0.2, 0.25) is 0 Å². The van der Waals surface area contributed by atoms with Crippen LogP contribution in [0.1, 0.15) is 42.9 Å². The lowest BCUT2D eigenvalue weighted by atomic mass is 9.98. The molecule has 4 nitrogen and oxygen atoms in total. The molecule has 0 aliphatic heterocycles. The van der Waals surface area contributed by atoms with Crippen LogP contribution in [0.3, 0.4) is 0 Å². The van der Waals surface area contributed by atoms with Crippen molar-refractivity contribution in [2.24, 2.45) is 17.8 Å². The fourth-order valence-electron chi connectivity index (χ4n) is 3.87. The van der Waals surface area contributed by atoms with Gasteiger partial charge in [0.15, 0.2) is 0 Å². The van der Waals surface area contributed by atoms with Crippen LogP contribution in [0.5, 0.6) is 0 Å². The van der Waals surface area contributed by atoms with E-state index in [-0.39, 0.29) is 18.2 Å². The number of aryl methyl sites for hydroxylation is 1. The van der Waals surface area contributed by atoms with E-state index in [0.717, 1.165) is 24.0 Å². The van der Waals surface area contributed by atoms with Crippen LogP contribution < -0.4 is 5.32 Å². The molecule has 2 fully saturated rings. The lowest BCUT2D eigenvalue weighted by molar-refractivity contribution is -0.137. The van der Waals surface area contributed by atoms with Gasteiger partial charge >= 0.3 is 5.97 Å². The maximum atomic E-state index is 12.4. The topological polar surface area (TPSA) is 66.4 Å². The molecule has 1 unspecified atom stereocenters. The summed E-state index contributed by atoms with van der Waals surface area (Å²) in [5.41, 5.74) is 1.92. The van der Waals surface area contributed by atoms with Gasteiger partial charge in [-0.05, 0) is 42.7 Å². The molecule has 0 heterocycles. The van der Waals surface area contributed by atoms with Crippen molar-refractivity contribution >= 4 is 11.9 Å². The van der Waals surface area contributed by atoms with E-state index in [2.05, 4.69) is 5.32 Å². The summed E-state index contributed by atoms with van der Waals surface area (Å²) in [4.78, 5) is 23.5. The first-order chi connectivity index (χ1) is 10.1. The van der Waals surface area contributed by atoms with Crippen LogP contribution >= 0.6 is 0 Å². The van der Waals surface area contributed by atoms with Crippen molar-refractivity contribution in [1.29, 1.82) is 0 Å². The normalized spacial score (nSPS) is 27.8. The van der Waals surface area contributed by atoms with E-state index < -0.39 is 12.0 Å². The first-order valence-electron chi connectivity index (χ1n) is 7.65. The van der Waals surface area contributed by atoms with Gasteiger partial charge in [-0.15, -0.1) is 0 Å². The Hall–Kier alpha value is -1.84. The minimum Gasteiger partial charge on any atom is -0.481 e. The van der Waals surface area contributed by atoms with Crippen molar-refractivity contribution in [1.82, 2.24) is 5.32 Å². The summed E-state index contributed by atoms with van der Waals surface area (Å²) in [5, 5.41) is 12.1. The first kappa shape index (κ1) is 14.1. The Balaban J connectivity index is 1.72. The molecular formula is C17H21NO3. The molecule has 1 aromatic carbocycles. The molecule has 1 aromatic rings. The summed E-state index contributed by atoms with van der Waals surface area (Å²) in [6.45, 7) is 1.95. The summed E-state index contributed by atoms with van der Waals surface area (Å²) in [5.74, 6) is 0.373. The van der Waals surface area contributed by atoms with Gasteiger partial charge < -0.3 is 10.4 Å². The number of fused-ring (bicyclic) bond motifs is 1. The Morgan fingerprint density at radius 2 is 1.95 bits per heavy atom. The Kier molecular flexibility index (Phi) is 3.70. The molecule has 2 saturated carbocycles. The molecule has 0 bridgehead atoms. The van der Waals surface area contributed by atoms with Gasteiger partial charge in [0, 0.05) is 5.92 Å². The number of aliphatic carboxylic acids is 1. The summed E-state index contributed by atoms with van der Waals surface area (Å²) >= 11 is 0. The third kappa shape index (κ3) is 2.80. The second kappa shape index (κ2) is 5.51. The van der Waals surface area contributed by atoms with Crippen molar-refractivity contribution in [3.05, 3.63) is 35.4 Å². The predicted molar refractivity (Wildman–Crippen MR) is 78.6 cm³/mol. The molecule has 4 atom stereocenters. The summed E-state index contributed by atoms with van der Waals surface area (Å²) < 4.78 is 0. The van der Waals surface area contributed by atoms with Crippen LogP contribution in [0.15, 0.2) is 24.3 Å². The Labute approximate surface area is 124 Å². The zero-order valence-corrected chi connectivity index (χ0v) is 12.2. The highest BCUT2D eigenvalue weighted by Gasteiger charge is 2.56. The molecule has 112 valence electrons. The highest BCUT2D eigenvalue weighted by molar-refractivity contribution is 5.83. The SMILES string of the molecule is Cc1ccccc1[C@H](CC(=O)O)NC(=O)C1[C@H]2CCC[C@@H]12. The Morgan fingerprint density at radius 1 is 1.29 bits per heavy atom. The molecule has 2 N–H and O–H groups in total. The maximum absolute atomic E-state index is 12.4. The quantitative estimate of drug-likeness (QED) is 0.875. The molecule has 2 aliphatic carbocycles. The molecular weight excluding hydrogens is 266 g/mol. The van der Waals surface area contributed by atoms with E-state index in [1.165, 1.54) is 6.42 Å². The van der Waals surface area contributed by atoms with Crippen molar-refractivity contribution in [3.8, 4) is 0 Å². The van der Waals surface area contributed by atoms with Crippen LogP contribution in [0.25, 0.3) is 0 Å². The van der Waals surface area contributed by atoms with Gasteiger partial charge in [0.05, 0.1) is 12.5 Å². The van der Waals surface area contributed by atoms with Crippen LogP contribution in [0.4, 0.5) is 0 Å². The van der Waals surface area contributed by atoms with Crippen LogP contribution in [-0.2, 0) is 9.59 Å². The Morgan fingerprint density at radius 3 is 2.57 bits per heavy atom. The third-order valence-corrected chi connectivity index (χ3v) is 4.97. The fourth-order valence-corrected chi connectivity index (χ4v) is 3.87. The number of carbonyl (C=O) groups excluding carboxylic acids is 1. The zero-order valence-electron chi connectivity index (χ0n) is 12.2.